The molecule has 0 saturated carbocycles. The van der Waals surface area contributed by atoms with E-state index in [4.69, 9.17) is 4.74 Å². The van der Waals surface area contributed by atoms with Gasteiger partial charge >= 0.3 is 0 Å². The van der Waals surface area contributed by atoms with Gasteiger partial charge in [-0.05, 0) is 42.8 Å². The molecular formula is C22H25N3O4. The highest BCUT2D eigenvalue weighted by Crippen LogP contribution is 2.28. The first kappa shape index (κ1) is 20.4. The second kappa shape index (κ2) is 9.23. The monoisotopic (exact) mass is 395 g/mol. The number of carbonyl (C=O) groups is 3. The van der Waals surface area contributed by atoms with Crippen molar-refractivity contribution in [3.05, 3.63) is 54.1 Å². The van der Waals surface area contributed by atoms with Crippen LogP contribution in [0.4, 0.5) is 11.4 Å². The molecule has 2 N–H and O–H groups in total. The van der Waals surface area contributed by atoms with Crippen molar-refractivity contribution in [1.82, 2.24) is 5.32 Å². The first-order valence-corrected chi connectivity index (χ1v) is 9.66. The predicted octanol–water partition coefficient (Wildman–Crippen LogP) is 2.83. The summed E-state index contributed by atoms with van der Waals surface area (Å²) < 4.78 is 5.14. The predicted molar refractivity (Wildman–Crippen MR) is 111 cm³/mol. The highest BCUT2D eigenvalue weighted by molar-refractivity contribution is 6.07. The van der Waals surface area contributed by atoms with Gasteiger partial charge in [0.2, 0.25) is 11.8 Å². The lowest BCUT2D eigenvalue weighted by molar-refractivity contribution is -0.122. The third-order valence-electron chi connectivity index (χ3n) is 4.85. The van der Waals surface area contributed by atoms with Gasteiger partial charge in [-0.25, -0.2) is 0 Å². The van der Waals surface area contributed by atoms with Gasteiger partial charge in [-0.2, -0.15) is 0 Å². The van der Waals surface area contributed by atoms with Gasteiger partial charge in [0.15, 0.2) is 0 Å². The van der Waals surface area contributed by atoms with Gasteiger partial charge in [0.05, 0.1) is 24.3 Å². The molecule has 0 radical (unpaired) electrons. The average Bonchev–Trinajstić information content (AvgIpc) is 3.14. The summed E-state index contributed by atoms with van der Waals surface area (Å²) in [5.41, 5.74) is 1.58. The Hall–Kier alpha value is -3.35. The van der Waals surface area contributed by atoms with Gasteiger partial charge in [-0.3, -0.25) is 14.4 Å². The molecule has 2 aromatic rings. The SMILES string of the molecule is CCCNC(=O)c1ccccc1NC(=O)[C@H]1CC(=O)N(c2ccc(OC)cc2)C1. The Bertz CT molecular complexity index is 895. The molecule has 0 spiro atoms. The van der Waals surface area contributed by atoms with Gasteiger partial charge in [0, 0.05) is 25.2 Å². The zero-order valence-electron chi connectivity index (χ0n) is 16.6. The minimum atomic E-state index is -0.489. The number of hydrogen-bond acceptors (Lipinski definition) is 4. The van der Waals surface area contributed by atoms with E-state index in [0.717, 1.165) is 12.1 Å². The molecule has 1 aliphatic heterocycles. The Morgan fingerprint density at radius 2 is 1.86 bits per heavy atom. The molecule has 1 heterocycles. The summed E-state index contributed by atoms with van der Waals surface area (Å²) >= 11 is 0. The summed E-state index contributed by atoms with van der Waals surface area (Å²) in [5.74, 6) is -0.400. The molecule has 152 valence electrons. The Balaban J connectivity index is 1.69. The largest absolute Gasteiger partial charge is 0.497 e. The number of para-hydroxylation sites is 1. The Labute approximate surface area is 170 Å². The summed E-state index contributed by atoms with van der Waals surface area (Å²) in [6.07, 6.45) is 0.952. The van der Waals surface area contributed by atoms with Crippen molar-refractivity contribution in [2.75, 3.05) is 30.4 Å². The van der Waals surface area contributed by atoms with E-state index >= 15 is 0 Å². The molecule has 1 aliphatic rings. The number of nitrogens with zero attached hydrogens (tertiary/aromatic N) is 1. The fourth-order valence-electron chi connectivity index (χ4n) is 3.25. The van der Waals surface area contributed by atoms with Crippen LogP contribution in [0.5, 0.6) is 5.75 Å². The van der Waals surface area contributed by atoms with E-state index < -0.39 is 5.92 Å². The lowest BCUT2D eigenvalue weighted by Gasteiger charge is -2.17. The van der Waals surface area contributed by atoms with Crippen molar-refractivity contribution in [3.63, 3.8) is 0 Å². The van der Waals surface area contributed by atoms with Crippen LogP contribution in [0.3, 0.4) is 0 Å². The molecule has 3 rings (SSSR count). The van der Waals surface area contributed by atoms with Crippen LogP contribution in [0.1, 0.15) is 30.1 Å². The molecule has 1 saturated heterocycles. The third-order valence-corrected chi connectivity index (χ3v) is 4.85. The van der Waals surface area contributed by atoms with Gasteiger partial charge in [0.1, 0.15) is 5.75 Å². The molecule has 7 nitrogen and oxygen atoms in total. The van der Waals surface area contributed by atoms with E-state index in [1.807, 2.05) is 6.92 Å². The number of nitrogens with one attached hydrogen (secondary N) is 2. The van der Waals surface area contributed by atoms with Gasteiger partial charge in [0.25, 0.3) is 5.91 Å². The second-order valence-corrected chi connectivity index (χ2v) is 6.89. The summed E-state index contributed by atoms with van der Waals surface area (Å²) in [6, 6.07) is 14.0. The summed E-state index contributed by atoms with van der Waals surface area (Å²) in [6.45, 7) is 2.83. The maximum Gasteiger partial charge on any atom is 0.253 e. The topological polar surface area (TPSA) is 87.7 Å². The van der Waals surface area contributed by atoms with Gasteiger partial charge in [-0.1, -0.05) is 19.1 Å². The van der Waals surface area contributed by atoms with Crippen molar-refractivity contribution < 1.29 is 19.1 Å². The Morgan fingerprint density at radius 3 is 2.55 bits per heavy atom. The third kappa shape index (κ3) is 4.74. The van der Waals surface area contributed by atoms with Crippen LogP contribution < -0.4 is 20.3 Å². The quantitative estimate of drug-likeness (QED) is 0.755. The number of anilines is 2. The molecule has 2 aromatic carbocycles. The smallest absolute Gasteiger partial charge is 0.253 e. The van der Waals surface area contributed by atoms with Crippen LogP contribution in [0.25, 0.3) is 0 Å². The number of rotatable bonds is 7. The van der Waals surface area contributed by atoms with Gasteiger partial charge in [-0.15, -0.1) is 0 Å². The first-order valence-electron chi connectivity index (χ1n) is 9.66. The summed E-state index contributed by atoms with van der Waals surface area (Å²) in [7, 11) is 1.58. The molecular weight excluding hydrogens is 370 g/mol. The molecule has 1 fully saturated rings. The fourth-order valence-corrected chi connectivity index (χ4v) is 3.25. The van der Waals surface area contributed by atoms with Crippen LogP contribution in [0.2, 0.25) is 0 Å². The van der Waals surface area contributed by atoms with E-state index in [1.165, 1.54) is 0 Å². The summed E-state index contributed by atoms with van der Waals surface area (Å²) in [5, 5.41) is 5.64. The molecule has 1 atom stereocenters. The number of carbonyl (C=O) groups excluding carboxylic acids is 3. The molecule has 0 aromatic heterocycles. The number of ether oxygens (including phenoxy) is 1. The Kier molecular flexibility index (Phi) is 6.49. The van der Waals surface area contributed by atoms with Crippen molar-refractivity contribution in [3.8, 4) is 5.75 Å². The van der Waals surface area contributed by atoms with Crippen LogP contribution in [0, 0.1) is 5.92 Å². The zero-order valence-corrected chi connectivity index (χ0v) is 16.6. The van der Waals surface area contributed by atoms with Gasteiger partial charge < -0.3 is 20.3 Å². The normalized spacial score (nSPS) is 15.9. The lowest BCUT2D eigenvalue weighted by atomic mass is 10.1. The fraction of sp³-hybridized carbons (Fsp3) is 0.318. The van der Waals surface area contributed by atoms with Crippen molar-refractivity contribution in [1.29, 1.82) is 0 Å². The molecule has 0 bridgehead atoms. The van der Waals surface area contributed by atoms with Crippen molar-refractivity contribution in [2.45, 2.75) is 19.8 Å². The van der Waals surface area contributed by atoms with Crippen LogP contribution in [-0.2, 0) is 9.59 Å². The van der Waals surface area contributed by atoms with E-state index in [2.05, 4.69) is 10.6 Å². The second-order valence-electron chi connectivity index (χ2n) is 6.89. The summed E-state index contributed by atoms with van der Waals surface area (Å²) in [4.78, 5) is 39.2. The zero-order chi connectivity index (χ0) is 20.8. The number of amides is 3. The standard InChI is InChI=1S/C22H25N3O4/c1-3-12-23-22(28)18-6-4-5-7-19(18)24-21(27)15-13-20(26)25(14-15)16-8-10-17(29-2)11-9-16/h4-11,15H,3,12-14H2,1-2H3,(H,23,28)(H,24,27)/t15-/m0/s1. The van der Waals surface area contributed by atoms with Crippen LogP contribution in [0.15, 0.2) is 48.5 Å². The first-order chi connectivity index (χ1) is 14.0. The number of hydrogen-bond donors (Lipinski definition) is 2. The van der Waals surface area contributed by atoms with E-state index in [1.54, 1.807) is 60.5 Å². The van der Waals surface area contributed by atoms with E-state index in [-0.39, 0.29) is 24.1 Å². The lowest BCUT2D eigenvalue weighted by Crippen LogP contribution is -2.29. The van der Waals surface area contributed by atoms with Crippen molar-refractivity contribution >= 4 is 29.1 Å². The number of benzene rings is 2. The molecule has 29 heavy (non-hydrogen) atoms. The molecule has 0 aliphatic carbocycles. The average molecular weight is 395 g/mol. The minimum absolute atomic E-state index is 0.107. The maximum absolute atomic E-state index is 12.8. The molecule has 7 heteroatoms. The molecule has 3 amide bonds. The highest BCUT2D eigenvalue weighted by Gasteiger charge is 2.35. The minimum Gasteiger partial charge on any atom is -0.497 e. The van der Waals surface area contributed by atoms with E-state index in [9.17, 15) is 14.4 Å². The number of methoxy groups -OCH3 is 1. The van der Waals surface area contributed by atoms with E-state index in [0.29, 0.717) is 30.1 Å². The molecule has 0 unspecified atom stereocenters. The highest BCUT2D eigenvalue weighted by atomic mass is 16.5. The van der Waals surface area contributed by atoms with Crippen LogP contribution >= 0.6 is 0 Å². The Morgan fingerprint density at radius 1 is 1.14 bits per heavy atom. The maximum atomic E-state index is 12.8. The van der Waals surface area contributed by atoms with Crippen molar-refractivity contribution in [2.24, 2.45) is 5.92 Å². The van der Waals surface area contributed by atoms with Crippen LogP contribution in [-0.4, -0.2) is 37.9 Å².